The molecule has 1 N–H and O–H groups in total. The highest BCUT2D eigenvalue weighted by Gasteiger charge is 2.27. The van der Waals surface area contributed by atoms with Crippen LogP contribution in [0.2, 0.25) is 5.02 Å². The Bertz CT molecular complexity index is 488. The van der Waals surface area contributed by atoms with Gasteiger partial charge in [-0.05, 0) is 36.0 Å². The zero-order chi connectivity index (χ0) is 13.9. The second-order valence-electron chi connectivity index (χ2n) is 5.96. The molecule has 0 fully saturated rings. The number of carbonyl (C=O) groups is 1. The molecule has 0 saturated carbocycles. The third-order valence-electron chi connectivity index (χ3n) is 3.34. The molecule has 0 radical (unpaired) electrons. The smallest absolute Gasteiger partial charge is 0.157 e. The predicted octanol–water partition coefficient (Wildman–Crippen LogP) is 3.75. The standard InChI is InChI=1S/C16H20ClNO/c1-16(2)10-14(9-15(19)11-16)18-8-7-12-3-5-13(17)6-4-12/h3-6,9,18H,7-8,10-11H2,1-2H3. The van der Waals surface area contributed by atoms with Gasteiger partial charge in [0.15, 0.2) is 5.78 Å². The van der Waals surface area contributed by atoms with Crippen molar-refractivity contribution in [3.8, 4) is 0 Å². The van der Waals surface area contributed by atoms with Crippen LogP contribution in [0.15, 0.2) is 36.0 Å². The molecule has 3 heteroatoms. The first-order valence-corrected chi connectivity index (χ1v) is 7.04. The van der Waals surface area contributed by atoms with E-state index in [4.69, 9.17) is 11.6 Å². The first kappa shape index (κ1) is 14.1. The van der Waals surface area contributed by atoms with Gasteiger partial charge in [0, 0.05) is 29.8 Å². The molecular weight excluding hydrogens is 258 g/mol. The molecule has 0 spiro atoms. The molecule has 1 aromatic carbocycles. The van der Waals surface area contributed by atoms with Crippen LogP contribution in [0.3, 0.4) is 0 Å². The van der Waals surface area contributed by atoms with Gasteiger partial charge in [-0.2, -0.15) is 0 Å². The lowest BCUT2D eigenvalue weighted by molar-refractivity contribution is -0.117. The van der Waals surface area contributed by atoms with Gasteiger partial charge in [-0.15, -0.1) is 0 Å². The number of rotatable bonds is 4. The maximum Gasteiger partial charge on any atom is 0.157 e. The van der Waals surface area contributed by atoms with Gasteiger partial charge in [0.2, 0.25) is 0 Å². The largest absolute Gasteiger partial charge is 0.388 e. The summed E-state index contributed by atoms with van der Waals surface area (Å²) < 4.78 is 0. The third kappa shape index (κ3) is 4.39. The first-order chi connectivity index (χ1) is 8.94. The van der Waals surface area contributed by atoms with E-state index in [0.717, 1.165) is 30.1 Å². The van der Waals surface area contributed by atoms with E-state index in [1.165, 1.54) is 5.56 Å². The van der Waals surface area contributed by atoms with Gasteiger partial charge in [0.05, 0.1) is 0 Å². The number of allylic oxidation sites excluding steroid dienone is 2. The Morgan fingerprint density at radius 2 is 1.89 bits per heavy atom. The Kier molecular flexibility index (Phi) is 4.31. The number of hydrogen-bond donors (Lipinski definition) is 1. The number of nitrogens with one attached hydrogen (secondary N) is 1. The van der Waals surface area contributed by atoms with Crippen molar-refractivity contribution in [2.45, 2.75) is 33.1 Å². The Morgan fingerprint density at radius 3 is 2.53 bits per heavy atom. The zero-order valence-electron chi connectivity index (χ0n) is 11.5. The lowest BCUT2D eigenvalue weighted by Crippen LogP contribution is -2.28. The summed E-state index contributed by atoms with van der Waals surface area (Å²) >= 11 is 5.85. The zero-order valence-corrected chi connectivity index (χ0v) is 12.3. The fourth-order valence-electron chi connectivity index (χ4n) is 2.48. The lowest BCUT2D eigenvalue weighted by atomic mass is 9.79. The molecule has 0 amide bonds. The molecule has 0 atom stereocenters. The fraction of sp³-hybridized carbons (Fsp3) is 0.438. The van der Waals surface area contributed by atoms with Crippen LogP contribution in [0.1, 0.15) is 32.3 Å². The van der Waals surface area contributed by atoms with Crippen LogP contribution in [0, 0.1) is 5.41 Å². The quantitative estimate of drug-likeness (QED) is 0.908. The van der Waals surface area contributed by atoms with Crippen LogP contribution in [0.4, 0.5) is 0 Å². The molecule has 1 aromatic rings. The van der Waals surface area contributed by atoms with Crippen LogP contribution in [0.5, 0.6) is 0 Å². The van der Waals surface area contributed by atoms with Gasteiger partial charge in [0.1, 0.15) is 0 Å². The molecule has 0 saturated heterocycles. The molecule has 2 rings (SSSR count). The van der Waals surface area contributed by atoms with E-state index >= 15 is 0 Å². The molecule has 1 aliphatic rings. The van der Waals surface area contributed by atoms with Gasteiger partial charge < -0.3 is 5.32 Å². The van der Waals surface area contributed by atoms with Gasteiger partial charge in [-0.1, -0.05) is 37.6 Å². The number of benzene rings is 1. The average molecular weight is 278 g/mol. The van der Waals surface area contributed by atoms with Crippen molar-refractivity contribution in [2.75, 3.05) is 6.54 Å². The van der Waals surface area contributed by atoms with E-state index in [9.17, 15) is 4.79 Å². The van der Waals surface area contributed by atoms with Crippen LogP contribution in [-0.4, -0.2) is 12.3 Å². The number of hydrogen-bond acceptors (Lipinski definition) is 2. The molecular formula is C16H20ClNO. The summed E-state index contributed by atoms with van der Waals surface area (Å²) in [7, 11) is 0. The van der Waals surface area contributed by atoms with Crippen LogP contribution in [0.25, 0.3) is 0 Å². The molecule has 1 aliphatic carbocycles. The minimum Gasteiger partial charge on any atom is -0.388 e. The number of halogens is 1. The topological polar surface area (TPSA) is 29.1 Å². The molecule has 2 nitrogen and oxygen atoms in total. The van der Waals surface area contributed by atoms with Crippen LogP contribution < -0.4 is 5.32 Å². The first-order valence-electron chi connectivity index (χ1n) is 6.66. The number of carbonyl (C=O) groups excluding carboxylic acids is 1. The minimum absolute atomic E-state index is 0.0778. The monoisotopic (exact) mass is 277 g/mol. The van der Waals surface area contributed by atoms with E-state index in [0.29, 0.717) is 6.42 Å². The summed E-state index contributed by atoms with van der Waals surface area (Å²) in [5.41, 5.74) is 2.39. The molecule has 0 bridgehead atoms. The second kappa shape index (κ2) is 5.79. The van der Waals surface area contributed by atoms with E-state index in [2.05, 4.69) is 19.2 Å². The third-order valence-corrected chi connectivity index (χ3v) is 3.59. The fourth-order valence-corrected chi connectivity index (χ4v) is 2.60. The van der Waals surface area contributed by atoms with Crippen molar-refractivity contribution < 1.29 is 4.79 Å². The molecule has 0 aromatic heterocycles. The van der Waals surface area contributed by atoms with Crippen molar-refractivity contribution in [3.63, 3.8) is 0 Å². The SMILES string of the molecule is CC1(C)CC(=O)C=C(NCCc2ccc(Cl)cc2)C1. The van der Waals surface area contributed by atoms with Crippen molar-refractivity contribution >= 4 is 17.4 Å². The van der Waals surface area contributed by atoms with E-state index in [1.54, 1.807) is 6.08 Å². The Morgan fingerprint density at radius 1 is 1.21 bits per heavy atom. The molecule has 0 heterocycles. The highest BCUT2D eigenvalue weighted by atomic mass is 35.5. The summed E-state index contributed by atoms with van der Waals surface area (Å²) in [6, 6.07) is 7.88. The van der Waals surface area contributed by atoms with Gasteiger partial charge in [0.25, 0.3) is 0 Å². The summed E-state index contributed by atoms with van der Waals surface area (Å²) in [5.74, 6) is 0.227. The van der Waals surface area contributed by atoms with Gasteiger partial charge in [-0.3, -0.25) is 4.79 Å². The average Bonchev–Trinajstić information content (AvgIpc) is 2.29. The Hall–Kier alpha value is -1.28. The van der Waals surface area contributed by atoms with Crippen molar-refractivity contribution in [2.24, 2.45) is 5.41 Å². The summed E-state index contributed by atoms with van der Waals surface area (Å²) in [6.45, 7) is 5.12. The Balaban J connectivity index is 1.86. The normalized spacial score (nSPS) is 18.1. The van der Waals surface area contributed by atoms with E-state index in [-0.39, 0.29) is 11.2 Å². The minimum atomic E-state index is 0.0778. The van der Waals surface area contributed by atoms with E-state index in [1.807, 2.05) is 24.3 Å². The summed E-state index contributed by atoms with van der Waals surface area (Å²) in [6.07, 6.45) is 4.28. The van der Waals surface area contributed by atoms with Crippen molar-refractivity contribution in [3.05, 3.63) is 46.6 Å². The predicted molar refractivity (Wildman–Crippen MR) is 79.3 cm³/mol. The summed E-state index contributed by atoms with van der Waals surface area (Å²) in [4.78, 5) is 11.6. The Labute approximate surface area is 119 Å². The van der Waals surface area contributed by atoms with Crippen LogP contribution in [-0.2, 0) is 11.2 Å². The van der Waals surface area contributed by atoms with E-state index < -0.39 is 0 Å². The lowest BCUT2D eigenvalue weighted by Gasteiger charge is -2.29. The highest BCUT2D eigenvalue weighted by molar-refractivity contribution is 6.30. The molecule has 0 aliphatic heterocycles. The van der Waals surface area contributed by atoms with Crippen molar-refractivity contribution in [1.82, 2.24) is 5.32 Å². The highest BCUT2D eigenvalue weighted by Crippen LogP contribution is 2.32. The number of ketones is 1. The maximum absolute atomic E-state index is 11.6. The second-order valence-corrected chi connectivity index (χ2v) is 6.39. The summed E-state index contributed by atoms with van der Waals surface area (Å²) in [5, 5.41) is 4.14. The van der Waals surface area contributed by atoms with Gasteiger partial charge >= 0.3 is 0 Å². The van der Waals surface area contributed by atoms with Crippen LogP contribution >= 0.6 is 11.6 Å². The molecule has 102 valence electrons. The maximum atomic E-state index is 11.6. The molecule has 0 unspecified atom stereocenters. The molecule has 19 heavy (non-hydrogen) atoms. The van der Waals surface area contributed by atoms with Crippen molar-refractivity contribution in [1.29, 1.82) is 0 Å². The van der Waals surface area contributed by atoms with Gasteiger partial charge in [-0.25, -0.2) is 0 Å².